The Labute approximate surface area is 91.7 Å². The number of halogens is 1. The summed E-state index contributed by atoms with van der Waals surface area (Å²) in [7, 11) is 0. The Balaban J connectivity index is 2.52. The van der Waals surface area contributed by atoms with Gasteiger partial charge in [0.15, 0.2) is 0 Å². The molecule has 1 unspecified atom stereocenters. The van der Waals surface area contributed by atoms with Gasteiger partial charge in [0, 0.05) is 11.9 Å². The van der Waals surface area contributed by atoms with Crippen molar-refractivity contribution in [3.05, 3.63) is 29.8 Å². The largest absolute Gasteiger partial charge is 0.480 e. The normalized spacial score (nSPS) is 12.4. The number of carboxylic acids is 1. The van der Waals surface area contributed by atoms with Crippen LogP contribution < -0.4 is 0 Å². The van der Waals surface area contributed by atoms with Gasteiger partial charge in [0.25, 0.3) is 0 Å². The lowest BCUT2D eigenvalue weighted by molar-refractivity contribution is -0.136. The van der Waals surface area contributed by atoms with Crippen molar-refractivity contribution in [2.75, 3.05) is 0 Å². The molecule has 0 fully saturated rings. The van der Waals surface area contributed by atoms with Gasteiger partial charge in [-0.1, -0.05) is 6.92 Å². The number of rotatable bonds is 5. The molecule has 1 heterocycles. The lowest BCUT2D eigenvalue weighted by Gasteiger charge is -2.08. The minimum absolute atomic E-state index is 0.392. The van der Waals surface area contributed by atoms with Crippen molar-refractivity contribution in [2.24, 2.45) is 0 Å². The van der Waals surface area contributed by atoms with E-state index in [2.05, 4.69) is 4.98 Å². The Morgan fingerprint density at radius 2 is 2.40 bits per heavy atom. The van der Waals surface area contributed by atoms with Gasteiger partial charge in [-0.05, 0) is 18.1 Å². The first kappa shape index (κ1) is 12.0. The van der Waals surface area contributed by atoms with Crippen LogP contribution in [-0.4, -0.2) is 21.3 Å². The van der Waals surface area contributed by atoms with E-state index < -0.39 is 17.0 Å². The van der Waals surface area contributed by atoms with E-state index >= 15 is 0 Å². The van der Waals surface area contributed by atoms with Crippen molar-refractivity contribution >= 4 is 17.7 Å². The molecule has 0 spiro atoms. The van der Waals surface area contributed by atoms with Crippen molar-refractivity contribution in [3.63, 3.8) is 0 Å². The molecule has 3 nitrogen and oxygen atoms in total. The van der Waals surface area contributed by atoms with E-state index in [-0.39, 0.29) is 0 Å². The number of nitrogens with zero attached hydrogens (tertiary/aromatic N) is 1. The second kappa shape index (κ2) is 5.70. The van der Waals surface area contributed by atoms with Crippen molar-refractivity contribution in [1.82, 2.24) is 4.98 Å². The van der Waals surface area contributed by atoms with Crippen molar-refractivity contribution in [1.29, 1.82) is 0 Å². The first-order valence-corrected chi connectivity index (χ1v) is 5.62. The summed E-state index contributed by atoms with van der Waals surface area (Å²) in [4.78, 5) is 14.4. The van der Waals surface area contributed by atoms with Crippen molar-refractivity contribution in [3.8, 4) is 0 Å². The number of aromatic nitrogens is 1. The first-order valence-electron chi connectivity index (χ1n) is 4.57. The van der Waals surface area contributed by atoms with Crippen LogP contribution in [0, 0.1) is 5.82 Å². The van der Waals surface area contributed by atoms with E-state index in [4.69, 9.17) is 5.11 Å². The SMILES string of the molecule is CCC(SCc1cncc(F)c1)C(=O)O. The van der Waals surface area contributed by atoms with Crippen molar-refractivity contribution < 1.29 is 14.3 Å². The second-order valence-corrected chi connectivity index (χ2v) is 4.25. The highest BCUT2D eigenvalue weighted by atomic mass is 32.2. The molecule has 0 aliphatic carbocycles. The van der Waals surface area contributed by atoms with E-state index in [9.17, 15) is 9.18 Å². The highest BCUT2D eigenvalue weighted by Gasteiger charge is 2.15. The lowest BCUT2D eigenvalue weighted by atomic mass is 10.3. The van der Waals surface area contributed by atoms with Gasteiger partial charge < -0.3 is 5.11 Å². The molecule has 1 N–H and O–H groups in total. The van der Waals surface area contributed by atoms with Gasteiger partial charge in [0.05, 0.1) is 6.20 Å². The Kier molecular flexibility index (Phi) is 4.55. The standard InChI is InChI=1S/C10H12FNO2S/c1-2-9(10(13)14)15-6-7-3-8(11)5-12-4-7/h3-5,9H,2,6H2,1H3,(H,13,14). The van der Waals surface area contributed by atoms with Gasteiger partial charge in [-0.3, -0.25) is 9.78 Å². The van der Waals surface area contributed by atoms with Crippen LogP contribution in [-0.2, 0) is 10.5 Å². The van der Waals surface area contributed by atoms with E-state index in [1.165, 1.54) is 17.8 Å². The average molecular weight is 229 g/mol. The van der Waals surface area contributed by atoms with Gasteiger partial charge in [0.2, 0.25) is 0 Å². The summed E-state index contributed by atoms with van der Waals surface area (Å²) in [6.45, 7) is 1.82. The smallest absolute Gasteiger partial charge is 0.316 e. The van der Waals surface area contributed by atoms with Gasteiger partial charge in [-0.25, -0.2) is 4.39 Å². The molecule has 0 aliphatic heterocycles. The summed E-state index contributed by atoms with van der Waals surface area (Å²) in [6, 6.07) is 1.37. The van der Waals surface area contributed by atoms with Crippen molar-refractivity contribution in [2.45, 2.75) is 24.3 Å². The zero-order chi connectivity index (χ0) is 11.3. The van der Waals surface area contributed by atoms with Gasteiger partial charge in [-0.2, -0.15) is 0 Å². The Morgan fingerprint density at radius 1 is 1.67 bits per heavy atom. The molecular weight excluding hydrogens is 217 g/mol. The number of hydrogen-bond acceptors (Lipinski definition) is 3. The molecule has 0 bridgehead atoms. The van der Waals surface area contributed by atoms with Crippen LogP contribution in [0.4, 0.5) is 4.39 Å². The molecule has 0 aliphatic rings. The third kappa shape index (κ3) is 3.87. The summed E-state index contributed by atoms with van der Waals surface area (Å²) in [5, 5.41) is 8.36. The summed E-state index contributed by atoms with van der Waals surface area (Å²) in [6.07, 6.45) is 3.23. The highest BCUT2D eigenvalue weighted by Crippen LogP contribution is 2.20. The molecule has 0 radical (unpaired) electrons. The third-order valence-electron chi connectivity index (χ3n) is 1.86. The number of hydrogen-bond donors (Lipinski definition) is 1. The Hall–Kier alpha value is -1.10. The number of thioether (sulfide) groups is 1. The second-order valence-electron chi connectivity index (χ2n) is 3.06. The molecule has 0 aromatic carbocycles. The van der Waals surface area contributed by atoms with Crippen LogP contribution in [0.15, 0.2) is 18.5 Å². The molecule has 0 amide bonds. The summed E-state index contributed by atoms with van der Waals surface area (Å²) >= 11 is 1.29. The van der Waals surface area contributed by atoms with E-state index in [0.29, 0.717) is 17.7 Å². The number of carboxylic acid groups (broad SMARTS) is 1. The number of pyridine rings is 1. The van der Waals surface area contributed by atoms with Crippen LogP contribution in [0.3, 0.4) is 0 Å². The lowest BCUT2D eigenvalue weighted by Crippen LogP contribution is -2.15. The molecule has 15 heavy (non-hydrogen) atoms. The molecule has 82 valence electrons. The monoisotopic (exact) mass is 229 g/mol. The van der Waals surface area contributed by atoms with Crippen LogP contribution in [0.25, 0.3) is 0 Å². The van der Waals surface area contributed by atoms with E-state index in [1.807, 2.05) is 6.92 Å². The van der Waals surface area contributed by atoms with Gasteiger partial charge in [-0.15, -0.1) is 11.8 Å². The fourth-order valence-electron chi connectivity index (χ4n) is 1.10. The zero-order valence-electron chi connectivity index (χ0n) is 8.31. The minimum atomic E-state index is -0.827. The quantitative estimate of drug-likeness (QED) is 0.841. The van der Waals surface area contributed by atoms with Gasteiger partial charge in [0.1, 0.15) is 11.1 Å². The third-order valence-corrected chi connectivity index (χ3v) is 3.30. The minimum Gasteiger partial charge on any atom is -0.480 e. The Bertz CT molecular complexity index is 346. The first-order chi connectivity index (χ1) is 7.13. The Morgan fingerprint density at radius 3 is 2.93 bits per heavy atom. The number of carbonyl (C=O) groups is 1. The van der Waals surface area contributed by atoms with Crippen LogP contribution in [0.2, 0.25) is 0 Å². The maximum absolute atomic E-state index is 12.7. The van der Waals surface area contributed by atoms with Crippen LogP contribution >= 0.6 is 11.8 Å². The predicted octanol–water partition coefficient (Wildman–Crippen LogP) is 2.32. The van der Waals surface area contributed by atoms with Gasteiger partial charge >= 0.3 is 5.97 Å². The fourth-order valence-corrected chi connectivity index (χ4v) is 2.03. The maximum atomic E-state index is 12.7. The molecule has 1 aromatic heterocycles. The van der Waals surface area contributed by atoms with E-state index in [0.717, 1.165) is 6.20 Å². The molecule has 1 aromatic rings. The summed E-state index contributed by atoms with van der Waals surface area (Å²) in [5.41, 5.74) is 0.708. The molecule has 0 saturated carbocycles. The highest BCUT2D eigenvalue weighted by molar-refractivity contribution is 7.99. The molecule has 1 atom stereocenters. The molecule has 0 saturated heterocycles. The van der Waals surface area contributed by atoms with Crippen LogP contribution in [0.1, 0.15) is 18.9 Å². The summed E-state index contributed by atoms with van der Waals surface area (Å²) < 4.78 is 12.7. The number of aliphatic carboxylic acids is 1. The predicted molar refractivity (Wildman–Crippen MR) is 57.2 cm³/mol. The molecule has 1 rings (SSSR count). The van der Waals surface area contributed by atoms with Crippen LogP contribution in [0.5, 0.6) is 0 Å². The zero-order valence-corrected chi connectivity index (χ0v) is 9.13. The van der Waals surface area contributed by atoms with E-state index in [1.54, 1.807) is 6.20 Å². The molecule has 5 heteroatoms. The summed E-state index contributed by atoms with van der Waals surface area (Å²) in [5.74, 6) is -0.751. The molecular formula is C10H12FNO2S. The topological polar surface area (TPSA) is 50.2 Å². The maximum Gasteiger partial charge on any atom is 0.316 e. The fraction of sp³-hybridized carbons (Fsp3) is 0.400. The average Bonchev–Trinajstić information content (AvgIpc) is 2.18.